The Kier molecular flexibility index (Phi) is 7.70. The number of benzene rings is 3. The quantitative estimate of drug-likeness (QED) is 0.308. The first-order chi connectivity index (χ1) is 20.4. The third kappa shape index (κ3) is 5.37. The molecule has 6 rings (SSSR count). The number of nitrogens with zero attached hydrogens (tertiary/aromatic N) is 4. The van der Waals surface area contributed by atoms with Crippen molar-refractivity contribution in [2.45, 2.75) is 55.6 Å². The van der Waals surface area contributed by atoms with Gasteiger partial charge in [0.25, 0.3) is 10.0 Å². The first-order valence-corrected chi connectivity index (χ1v) is 15.6. The van der Waals surface area contributed by atoms with Gasteiger partial charge in [-0.25, -0.2) is 13.1 Å². The second-order valence-electron chi connectivity index (χ2n) is 10.7. The molecule has 4 aromatic rings. The molecule has 0 radical (unpaired) electrons. The number of ether oxygens (including phenoxy) is 1. The minimum Gasteiger partial charge on any atom is -0.493 e. The summed E-state index contributed by atoms with van der Waals surface area (Å²) in [6.45, 7) is 2.72. The lowest BCUT2D eigenvalue weighted by atomic mass is 9.96. The molecular formula is C31H34N6O4S. The van der Waals surface area contributed by atoms with E-state index >= 15 is 0 Å². The van der Waals surface area contributed by atoms with Gasteiger partial charge in [-0.3, -0.25) is 9.10 Å². The summed E-state index contributed by atoms with van der Waals surface area (Å²) in [5, 5.41) is 16.5. The summed E-state index contributed by atoms with van der Waals surface area (Å²) in [6.07, 6.45) is 7.28. The molecule has 10 nitrogen and oxygen atoms in total. The predicted octanol–water partition coefficient (Wildman–Crippen LogP) is 3.55. The molecule has 2 aliphatic rings. The van der Waals surface area contributed by atoms with Gasteiger partial charge < -0.3 is 15.4 Å². The zero-order chi connectivity index (χ0) is 29.3. The second kappa shape index (κ2) is 11.6. The fraction of sp³-hybridized carbons (Fsp3) is 0.323. The number of likely N-dealkylation sites (N-methyl/N-ethyl adjacent to an activating group) is 1. The Labute approximate surface area is 245 Å². The lowest BCUT2D eigenvalue weighted by Gasteiger charge is -2.31. The van der Waals surface area contributed by atoms with Crippen molar-refractivity contribution in [1.82, 2.24) is 29.9 Å². The van der Waals surface area contributed by atoms with Gasteiger partial charge in [0.15, 0.2) is 0 Å². The molecule has 3 unspecified atom stereocenters. The Morgan fingerprint density at radius 2 is 1.95 bits per heavy atom. The lowest BCUT2D eigenvalue weighted by Crippen LogP contribution is -2.50. The van der Waals surface area contributed by atoms with Gasteiger partial charge in [-0.05, 0) is 54.4 Å². The Morgan fingerprint density at radius 3 is 2.76 bits per heavy atom. The zero-order valence-corrected chi connectivity index (χ0v) is 24.4. The third-order valence-corrected chi connectivity index (χ3v) is 9.88. The van der Waals surface area contributed by atoms with E-state index in [1.165, 1.54) is 18.0 Å². The number of nitrogens with one attached hydrogen (secondary N) is 2. The van der Waals surface area contributed by atoms with Gasteiger partial charge in [-0.15, -0.1) is 5.10 Å². The monoisotopic (exact) mass is 586 g/mol. The Morgan fingerprint density at radius 1 is 1.12 bits per heavy atom. The van der Waals surface area contributed by atoms with Crippen molar-refractivity contribution in [2.24, 2.45) is 0 Å². The van der Waals surface area contributed by atoms with Crippen LogP contribution in [-0.4, -0.2) is 59.4 Å². The van der Waals surface area contributed by atoms with Gasteiger partial charge >= 0.3 is 0 Å². The SMILES string of the molecule is CCC(Cc1ccc2c(c1)OCCC2n1cc(CC2C(=O)NC=CN2S(=O)(=O)c2ccc3ccccc3c2)nn1)NC. The number of rotatable bonds is 9. The van der Waals surface area contributed by atoms with Crippen LogP contribution < -0.4 is 15.4 Å². The second-order valence-corrected chi connectivity index (χ2v) is 12.5. The molecule has 3 heterocycles. The number of fused-ring (bicyclic) bond motifs is 2. The Balaban J connectivity index is 1.24. The van der Waals surface area contributed by atoms with Crippen LogP contribution in [0.3, 0.4) is 0 Å². The molecule has 3 atom stereocenters. The molecule has 0 fully saturated rings. The Bertz CT molecular complexity index is 1750. The van der Waals surface area contributed by atoms with Gasteiger partial charge in [0, 0.05) is 43.0 Å². The maximum atomic E-state index is 13.7. The van der Waals surface area contributed by atoms with Crippen LogP contribution in [0.2, 0.25) is 0 Å². The van der Waals surface area contributed by atoms with Gasteiger partial charge in [-0.1, -0.05) is 54.6 Å². The standard InChI is InChI=1S/C31H34N6O4S/c1-3-24(32-2)16-21-8-11-27-28(12-15-41-30(27)17-21)36-20-25(34-35-36)19-29-31(38)33-13-14-37(29)42(39,40)26-10-9-22-6-4-5-7-23(22)18-26/h4-11,13-14,17-18,20,24,28-29,32H,3,12,15-16,19H2,1-2H3,(H,33,38). The smallest absolute Gasteiger partial charge is 0.264 e. The average Bonchev–Trinajstić information content (AvgIpc) is 3.48. The van der Waals surface area contributed by atoms with E-state index in [0.29, 0.717) is 18.3 Å². The molecule has 218 valence electrons. The number of hydrogen-bond donors (Lipinski definition) is 2. The third-order valence-electron chi connectivity index (χ3n) is 8.10. The van der Waals surface area contributed by atoms with Crippen molar-refractivity contribution < 1.29 is 17.9 Å². The van der Waals surface area contributed by atoms with Crippen molar-refractivity contribution >= 4 is 26.7 Å². The highest BCUT2D eigenvalue weighted by atomic mass is 32.2. The van der Waals surface area contributed by atoms with Gasteiger partial charge in [0.2, 0.25) is 5.91 Å². The number of carbonyl (C=O) groups is 1. The highest BCUT2D eigenvalue weighted by molar-refractivity contribution is 7.89. The first kappa shape index (κ1) is 27.9. The Hall–Kier alpha value is -4.22. The zero-order valence-electron chi connectivity index (χ0n) is 23.6. The molecule has 0 saturated heterocycles. The number of hydrogen-bond acceptors (Lipinski definition) is 7. The van der Waals surface area contributed by atoms with E-state index in [9.17, 15) is 13.2 Å². The molecule has 0 saturated carbocycles. The fourth-order valence-electron chi connectivity index (χ4n) is 5.70. The first-order valence-electron chi connectivity index (χ1n) is 14.2. The molecular weight excluding hydrogens is 552 g/mol. The van der Waals surface area contributed by atoms with Crippen LogP contribution in [0, 0.1) is 0 Å². The lowest BCUT2D eigenvalue weighted by molar-refractivity contribution is -0.124. The maximum absolute atomic E-state index is 13.7. The molecule has 0 bridgehead atoms. The van der Waals surface area contributed by atoms with E-state index in [2.05, 4.69) is 46.1 Å². The maximum Gasteiger partial charge on any atom is 0.264 e. The van der Waals surface area contributed by atoms with E-state index in [1.54, 1.807) is 29.1 Å². The van der Waals surface area contributed by atoms with Gasteiger partial charge in [0.05, 0.1) is 23.2 Å². The van der Waals surface area contributed by atoms with E-state index in [4.69, 9.17) is 4.74 Å². The largest absolute Gasteiger partial charge is 0.493 e. The van der Waals surface area contributed by atoms with E-state index in [1.807, 2.05) is 31.3 Å². The summed E-state index contributed by atoms with van der Waals surface area (Å²) >= 11 is 0. The van der Waals surface area contributed by atoms with Crippen molar-refractivity contribution in [3.05, 3.63) is 96.1 Å². The molecule has 11 heteroatoms. The van der Waals surface area contributed by atoms with Gasteiger partial charge in [0.1, 0.15) is 11.8 Å². The van der Waals surface area contributed by atoms with Crippen molar-refractivity contribution in [3.8, 4) is 5.75 Å². The van der Waals surface area contributed by atoms with Crippen LogP contribution in [0.15, 0.2) is 84.2 Å². The molecule has 3 aromatic carbocycles. The van der Waals surface area contributed by atoms with E-state index in [-0.39, 0.29) is 17.4 Å². The molecule has 2 N–H and O–H groups in total. The van der Waals surface area contributed by atoms with Crippen LogP contribution in [0.5, 0.6) is 5.75 Å². The normalized spacial score (nSPS) is 19.3. The number of sulfonamides is 1. The topological polar surface area (TPSA) is 118 Å². The van der Waals surface area contributed by atoms with Crippen molar-refractivity contribution in [3.63, 3.8) is 0 Å². The van der Waals surface area contributed by atoms with Gasteiger partial charge in [-0.2, -0.15) is 0 Å². The summed E-state index contributed by atoms with van der Waals surface area (Å²) in [7, 11) is -2.04. The van der Waals surface area contributed by atoms with Crippen LogP contribution in [-0.2, 0) is 27.7 Å². The van der Waals surface area contributed by atoms with E-state index in [0.717, 1.165) is 45.7 Å². The summed E-state index contributed by atoms with van der Waals surface area (Å²) < 4.78 is 36.4. The number of amides is 1. The summed E-state index contributed by atoms with van der Waals surface area (Å²) in [5.74, 6) is 0.420. The highest BCUT2D eigenvalue weighted by Gasteiger charge is 2.36. The molecule has 2 aliphatic heterocycles. The highest BCUT2D eigenvalue weighted by Crippen LogP contribution is 2.35. The molecule has 1 amide bonds. The summed E-state index contributed by atoms with van der Waals surface area (Å²) in [6, 6.07) is 18.2. The molecule has 0 aliphatic carbocycles. The summed E-state index contributed by atoms with van der Waals surface area (Å²) in [5.41, 5.74) is 2.75. The molecule has 42 heavy (non-hydrogen) atoms. The minimum atomic E-state index is -4.02. The fourth-order valence-corrected chi connectivity index (χ4v) is 7.18. The van der Waals surface area contributed by atoms with Crippen LogP contribution in [0.4, 0.5) is 0 Å². The summed E-state index contributed by atoms with van der Waals surface area (Å²) in [4.78, 5) is 13.1. The van der Waals surface area contributed by atoms with Crippen LogP contribution >= 0.6 is 0 Å². The molecule has 0 spiro atoms. The van der Waals surface area contributed by atoms with Crippen LogP contribution in [0.1, 0.15) is 42.6 Å². The predicted molar refractivity (Wildman–Crippen MR) is 159 cm³/mol. The van der Waals surface area contributed by atoms with E-state index < -0.39 is 22.0 Å². The average molecular weight is 587 g/mol. The van der Waals surface area contributed by atoms with Crippen molar-refractivity contribution in [2.75, 3.05) is 13.7 Å². The molecule has 1 aromatic heterocycles. The number of carbonyl (C=O) groups excluding carboxylic acids is 1. The minimum absolute atomic E-state index is 0.0699. The van der Waals surface area contributed by atoms with Crippen LogP contribution in [0.25, 0.3) is 10.8 Å². The number of aromatic nitrogens is 3. The van der Waals surface area contributed by atoms with Crippen molar-refractivity contribution in [1.29, 1.82) is 0 Å².